The van der Waals surface area contributed by atoms with Gasteiger partial charge in [-0.05, 0) is 67.5 Å². The molecule has 23 heavy (non-hydrogen) atoms. The molecule has 0 radical (unpaired) electrons. The van der Waals surface area contributed by atoms with Gasteiger partial charge in [0, 0.05) is 24.3 Å². The molecule has 0 atom stereocenters. The summed E-state index contributed by atoms with van der Waals surface area (Å²) >= 11 is 1.76. The van der Waals surface area contributed by atoms with Crippen LogP contribution < -0.4 is 0 Å². The molecule has 1 saturated heterocycles. The van der Waals surface area contributed by atoms with Crippen LogP contribution in [0.5, 0.6) is 0 Å². The lowest BCUT2D eigenvalue weighted by molar-refractivity contribution is 0.0853. The number of rotatable bonds is 5. The molecule has 1 aliphatic rings. The quantitative estimate of drug-likeness (QED) is 0.679. The van der Waals surface area contributed by atoms with Crippen molar-refractivity contribution in [3.05, 3.63) is 72.1 Å². The molecule has 0 saturated carbocycles. The summed E-state index contributed by atoms with van der Waals surface area (Å²) in [7, 11) is 0. The van der Waals surface area contributed by atoms with Crippen LogP contribution >= 0.6 is 11.9 Å². The summed E-state index contributed by atoms with van der Waals surface area (Å²) in [5, 5.41) is 0. The summed E-state index contributed by atoms with van der Waals surface area (Å²) in [5.41, 5.74) is 3.91. The van der Waals surface area contributed by atoms with Crippen molar-refractivity contribution in [1.29, 1.82) is 0 Å². The van der Waals surface area contributed by atoms with Crippen molar-refractivity contribution in [2.45, 2.75) is 30.6 Å². The molecule has 0 bridgehead atoms. The summed E-state index contributed by atoms with van der Waals surface area (Å²) in [6.45, 7) is 7.64. The highest BCUT2D eigenvalue weighted by molar-refractivity contribution is 7.97. The number of nitrogens with zero attached hydrogens (tertiary/aromatic N) is 1. The van der Waals surface area contributed by atoms with Gasteiger partial charge < -0.3 is 4.74 Å². The van der Waals surface area contributed by atoms with Crippen molar-refractivity contribution >= 4 is 18.0 Å². The van der Waals surface area contributed by atoms with Crippen LogP contribution in [0.15, 0.2) is 60.2 Å². The van der Waals surface area contributed by atoms with Crippen LogP contribution in [0.2, 0.25) is 0 Å². The Bertz CT molecular complexity index is 678. The fourth-order valence-corrected chi connectivity index (χ4v) is 3.69. The molecule has 0 spiro atoms. The topological polar surface area (TPSA) is 14.2 Å². The van der Waals surface area contributed by atoms with E-state index in [2.05, 4.69) is 60.1 Å². The molecule has 2 nitrogen and oxygen atoms in total. The van der Waals surface area contributed by atoms with Crippen molar-refractivity contribution in [1.82, 2.24) is 3.97 Å². The normalized spacial score (nSPS) is 16.0. The average molecular weight is 325 g/mol. The maximum absolute atomic E-state index is 5.49. The van der Waals surface area contributed by atoms with Crippen molar-refractivity contribution < 1.29 is 4.74 Å². The minimum absolute atomic E-state index is 0.611. The van der Waals surface area contributed by atoms with Gasteiger partial charge in [-0.15, -0.1) is 0 Å². The standard InChI is InChI=1S/C20H23NOS/c1-3-4-5-19-14-18(17-10-12-22-13-11-17)15-21(19)23-20-8-6-16(2)7-9-20/h3-9,14-15,17H,1,10-13H2,2H3/b5-4-. The first kappa shape index (κ1) is 16.2. The van der Waals surface area contributed by atoms with Gasteiger partial charge in [-0.3, -0.25) is 3.97 Å². The van der Waals surface area contributed by atoms with Crippen molar-refractivity contribution in [3.63, 3.8) is 0 Å². The van der Waals surface area contributed by atoms with Gasteiger partial charge in [0.1, 0.15) is 0 Å². The van der Waals surface area contributed by atoms with E-state index in [1.54, 1.807) is 11.9 Å². The highest BCUT2D eigenvalue weighted by atomic mass is 32.2. The number of benzene rings is 1. The Morgan fingerprint density at radius 3 is 2.65 bits per heavy atom. The number of allylic oxidation sites excluding steroid dienone is 2. The van der Waals surface area contributed by atoms with Gasteiger partial charge in [0.2, 0.25) is 0 Å². The molecule has 0 amide bonds. The Morgan fingerprint density at radius 2 is 1.96 bits per heavy atom. The SMILES string of the molecule is C=C/C=C\c1cc(C2CCOCC2)cn1Sc1ccc(C)cc1. The Kier molecular flexibility index (Phi) is 5.42. The highest BCUT2D eigenvalue weighted by Gasteiger charge is 2.18. The zero-order valence-electron chi connectivity index (χ0n) is 13.6. The lowest BCUT2D eigenvalue weighted by atomic mass is 9.94. The van der Waals surface area contributed by atoms with Gasteiger partial charge in [0.05, 0.1) is 5.69 Å². The lowest BCUT2D eigenvalue weighted by Gasteiger charge is -2.20. The van der Waals surface area contributed by atoms with E-state index in [4.69, 9.17) is 4.74 Å². The van der Waals surface area contributed by atoms with E-state index in [1.165, 1.54) is 21.7 Å². The second-order valence-corrected chi connectivity index (χ2v) is 6.96. The van der Waals surface area contributed by atoms with Gasteiger partial charge in [-0.25, -0.2) is 0 Å². The molecule has 1 fully saturated rings. The van der Waals surface area contributed by atoms with E-state index in [-0.39, 0.29) is 0 Å². The third kappa shape index (κ3) is 4.18. The molecule has 1 aromatic heterocycles. The largest absolute Gasteiger partial charge is 0.381 e. The Morgan fingerprint density at radius 1 is 1.22 bits per heavy atom. The maximum atomic E-state index is 5.49. The Balaban J connectivity index is 1.86. The smallest absolute Gasteiger partial charge is 0.0525 e. The highest BCUT2D eigenvalue weighted by Crippen LogP contribution is 2.32. The molecule has 3 heteroatoms. The van der Waals surface area contributed by atoms with Crippen LogP contribution in [-0.4, -0.2) is 17.2 Å². The van der Waals surface area contributed by atoms with E-state index >= 15 is 0 Å². The molecule has 120 valence electrons. The van der Waals surface area contributed by atoms with Crippen LogP contribution in [0.4, 0.5) is 0 Å². The summed E-state index contributed by atoms with van der Waals surface area (Å²) in [4.78, 5) is 1.25. The van der Waals surface area contributed by atoms with E-state index in [0.29, 0.717) is 5.92 Å². The Hall–Kier alpha value is -1.71. The second-order valence-electron chi connectivity index (χ2n) is 5.91. The molecule has 3 rings (SSSR count). The fraction of sp³-hybridized carbons (Fsp3) is 0.300. The molecular formula is C20H23NOS. The van der Waals surface area contributed by atoms with Crippen LogP contribution in [0.3, 0.4) is 0 Å². The van der Waals surface area contributed by atoms with Gasteiger partial charge in [0.25, 0.3) is 0 Å². The molecular weight excluding hydrogens is 302 g/mol. The second kappa shape index (κ2) is 7.71. The van der Waals surface area contributed by atoms with Crippen LogP contribution in [0, 0.1) is 6.92 Å². The molecule has 1 aliphatic heterocycles. The summed E-state index contributed by atoms with van der Waals surface area (Å²) in [6.07, 6.45) is 10.4. The summed E-state index contributed by atoms with van der Waals surface area (Å²) in [6, 6.07) is 11.0. The third-order valence-electron chi connectivity index (χ3n) is 4.16. The van der Waals surface area contributed by atoms with Gasteiger partial charge in [0.15, 0.2) is 0 Å². The average Bonchev–Trinajstić information content (AvgIpc) is 2.99. The summed E-state index contributed by atoms with van der Waals surface area (Å²) in [5.74, 6) is 0.611. The molecule has 2 aromatic rings. The van der Waals surface area contributed by atoms with E-state index < -0.39 is 0 Å². The molecule has 0 N–H and O–H groups in total. The Labute approximate surface area is 143 Å². The third-order valence-corrected chi connectivity index (χ3v) is 5.15. The minimum Gasteiger partial charge on any atom is -0.381 e. The molecule has 1 aromatic carbocycles. The first-order valence-corrected chi connectivity index (χ1v) is 8.88. The number of aromatic nitrogens is 1. The van der Waals surface area contributed by atoms with Crippen LogP contribution in [0.1, 0.15) is 35.6 Å². The van der Waals surface area contributed by atoms with E-state index in [1.807, 2.05) is 12.2 Å². The molecule has 2 heterocycles. The number of aryl methyl sites for hydroxylation is 1. The van der Waals surface area contributed by atoms with E-state index in [0.717, 1.165) is 26.1 Å². The number of ether oxygens (including phenoxy) is 1. The predicted octanol–water partition coefficient (Wildman–Crippen LogP) is 5.45. The van der Waals surface area contributed by atoms with E-state index in [9.17, 15) is 0 Å². The zero-order chi connectivity index (χ0) is 16.1. The minimum atomic E-state index is 0.611. The van der Waals surface area contributed by atoms with Crippen molar-refractivity contribution in [2.75, 3.05) is 13.2 Å². The lowest BCUT2D eigenvalue weighted by Crippen LogP contribution is -2.13. The van der Waals surface area contributed by atoms with Gasteiger partial charge >= 0.3 is 0 Å². The maximum Gasteiger partial charge on any atom is 0.0525 e. The summed E-state index contributed by atoms with van der Waals surface area (Å²) < 4.78 is 7.75. The van der Waals surface area contributed by atoms with Gasteiger partial charge in [-0.1, -0.05) is 36.4 Å². The van der Waals surface area contributed by atoms with Crippen LogP contribution in [-0.2, 0) is 4.74 Å². The monoisotopic (exact) mass is 325 g/mol. The first-order valence-electron chi connectivity index (χ1n) is 8.10. The first-order chi connectivity index (χ1) is 11.3. The van der Waals surface area contributed by atoms with Gasteiger partial charge in [-0.2, -0.15) is 0 Å². The molecule has 0 aliphatic carbocycles. The van der Waals surface area contributed by atoms with Crippen molar-refractivity contribution in [2.24, 2.45) is 0 Å². The van der Waals surface area contributed by atoms with Crippen LogP contribution in [0.25, 0.3) is 6.08 Å². The number of hydrogen-bond acceptors (Lipinski definition) is 2. The fourth-order valence-electron chi connectivity index (χ4n) is 2.82. The predicted molar refractivity (Wildman–Crippen MR) is 98.9 cm³/mol. The molecule has 0 unspecified atom stereocenters. The van der Waals surface area contributed by atoms with Crippen molar-refractivity contribution in [3.8, 4) is 0 Å². The number of hydrogen-bond donors (Lipinski definition) is 0. The zero-order valence-corrected chi connectivity index (χ0v) is 14.4.